The normalized spacial score (nSPS) is 22.5. The molecule has 0 aliphatic carbocycles. The van der Waals surface area contributed by atoms with Crippen molar-refractivity contribution in [3.8, 4) is 0 Å². The zero-order valence-corrected chi connectivity index (χ0v) is 13.3. The number of carbonyl (C=O) groups excluding carboxylic acids is 2. The number of hydrogen-bond acceptors (Lipinski definition) is 3. The number of carbonyl (C=O) groups is 2. The summed E-state index contributed by atoms with van der Waals surface area (Å²) in [6, 6.07) is -0.451. The van der Waals surface area contributed by atoms with Crippen LogP contribution in [-0.4, -0.2) is 46.6 Å². The maximum Gasteiger partial charge on any atom is 0.243 e. The van der Waals surface area contributed by atoms with Gasteiger partial charge in [0.2, 0.25) is 11.8 Å². The molecule has 116 valence electrons. The van der Waals surface area contributed by atoms with E-state index < -0.39 is 11.5 Å². The molecule has 1 fully saturated rings. The van der Waals surface area contributed by atoms with Crippen molar-refractivity contribution in [3.05, 3.63) is 0 Å². The van der Waals surface area contributed by atoms with E-state index in [4.69, 9.17) is 0 Å². The number of hydrogen-bond donors (Lipinski definition) is 2. The summed E-state index contributed by atoms with van der Waals surface area (Å²) in [5.41, 5.74) is -0.464. The molecule has 1 aliphatic rings. The zero-order chi connectivity index (χ0) is 15.5. The molecule has 0 radical (unpaired) electrons. The van der Waals surface area contributed by atoms with Gasteiger partial charge in [-0.25, -0.2) is 0 Å². The van der Waals surface area contributed by atoms with E-state index in [-0.39, 0.29) is 23.9 Å². The summed E-state index contributed by atoms with van der Waals surface area (Å²) in [5.74, 6) is -0.0772. The first kappa shape index (κ1) is 17.0. The van der Waals surface area contributed by atoms with Crippen LogP contribution in [0.1, 0.15) is 53.9 Å². The molecule has 1 rings (SSSR count). The molecular weight excluding hydrogens is 256 g/mol. The van der Waals surface area contributed by atoms with Crippen LogP contribution in [0.15, 0.2) is 0 Å². The maximum absolute atomic E-state index is 12.4. The van der Waals surface area contributed by atoms with Crippen LogP contribution in [0.4, 0.5) is 0 Å². The number of likely N-dealkylation sites (tertiary alicyclic amines) is 1. The Kier molecular flexibility index (Phi) is 5.57. The van der Waals surface area contributed by atoms with Crippen molar-refractivity contribution in [2.24, 2.45) is 5.41 Å². The molecule has 20 heavy (non-hydrogen) atoms. The van der Waals surface area contributed by atoms with Crippen LogP contribution < -0.4 is 5.32 Å². The average Bonchev–Trinajstić information content (AvgIpc) is 2.73. The van der Waals surface area contributed by atoms with Crippen LogP contribution in [-0.2, 0) is 9.59 Å². The van der Waals surface area contributed by atoms with Gasteiger partial charge < -0.3 is 15.3 Å². The van der Waals surface area contributed by atoms with Crippen molar-refractivity contribution >= 4 is 11.8 Å². The van der Waals surface area contributed by atoms with Gasteiger partial charge >= 0.3 is 0 Å². The summed E-state index contributed by atoms with van der Waals surface area (Å²) in [4.78, 5) is 26.3. The minimum atomic E-state index is -0.464. The van der Waals surface area contributed by atoms with Crippen LogP contribution in [0.25, 0.3) is 0 Å². The predicted octanol–water partition coefficient (Wildman–Crippen LogP) is 1.30. The van der Waals surface area contributed by atoms with Crippen molar-refractivity contribution in [1.29, 1.82) is 0 Å². The highest BCUT2D eigenvalue weighted by Crippen LogP contribution is 2.25. The van der Waals surface area contributed by atoms with E-state index in [1.807, 2.05) is 27.7 Å². The lowest BCUT2D eigenvalue weighted by molar-refractivity contribution is -0.144. The van der Waals surface area contributed by atoms with E-state index in [1.165, 1.54) is 0 Å². The lowest BCUT2D eigenvalue weighted by Crippen LogP contribution is -2.51. The summed E-state index contributed by atoms with van der Waals surface area (Å²) in [7, 11) is 0. The third-order valence-corrected chi connectivity index (χ3v) is 3.54. The van der Waals surface area contributed by atoms with Gasteiger partial charge in [-0.1, -0.05) is 20.8 Å². The van der Waals surface area contributed by atoms with Crippen LogP contribution in [0.3, 0.4) is 0 Å². The molecule has 2 amide bonds. The summed E-state index contributed by atoms with van der Waals surface area (Å²) >= 11 is 0. The molecule has 0 aromatic carbocycles. The van der Waals surface area contributed by atoms with Gasteiger partial charge in [-0.15, -0.1) is 0 Å². The Balaban J connectivity index is 2.65. The van der Waals surface area contributed by atoms with E-state index in [0.717, 1.165) is 12.8 Å². The minimum absolute atomic E-state index is 0.0262. The SMILES string of the molecule is CC(O)CC(C)NC(=O)C1CCCN1C(=O)C(C)(C)C. The number of aliphatic hydroxyl groups is 1. The van der Waals surface area contributed by atoms with Gasteiger partial charge in [-0.2, -0.15) is 0 Å². The zero-order valence-electron chi connectivity index (χ0n) is 13.3. The number of rotatable bonds is 4. The Morgan fingerprint density at radius 3 is 2.45 bits per heavy atom. The highest BCUT2D eigenvalue weighted by atomic mass is 16.3. The third kappa shape index (κ3) is 4.47. The number of amides is 2. The number of aliphatic hydroxyl groups excluding tert-OH is 1. The molecule has 0 saturated carbocycles. The summed E-state index contributed by atoms with van der Waals surface area (Å²) in [6.45, 7) is 9.85. The molecule has 5 nitrogen and oxygen atoms in total. The summed E-state index contributed by atoms with van der Waals surface area (Å²) in [6.07, 6.45) is 1.66. The quantitative estimate of drug-likeness (QED) is 0.817. The molecule has 3 unspecified atom stereocenters. The van der Waals surface area contributed by atoms with E-state index >= 15 is 0 Å². The number of nitrogens with zero attached hydrogens (tertiary/aromatic N) is 1. The lowest BCUT2D eigenvalue weighted by atomic mass is 9.94. The molecule has 5 heteroatoms. The van der Waals surface area contributed by atoms with Gasteiger partial charge in [-0.05, 0) is 33.1 Å². The molecular formula is C15H28N2O3. The standard InChI is InChI=1S/C15H28N2O3/c1-10(9-11(2)18)16-13(19)12-7-6-8-17(12)14(20)15(3,4)5/h10-12,18H,6-9H2,1-5H3,(H,16,19). The second-order valence-corrected chi connectivity index (χ2v) is 6.90. The monoisotopic (exact) mass is 284 g/mol. The summed E-state index contributed by atoms with van der Waals surface area (Å²) in [5, 5.41) is 12.2. The third-order valence-electron chi connectivity index (χ3n) is 3.54. The molecule has 0 aromatic heterocycles. The van der Waals surface area contributed by atoms with E-state index in [9.17, 15) is 14.7 Å². The van der Waals surface area contributed by atoms with Gasteiger partial charge in [0.25, 0.3) is 0 Å². The second-order valence-electron chi connectivity index (χ2n) is 6.90. The molecule has 1 saturated heterocycles. The highest BCUT2D eigenvalue weighted by Gasteiger charge is 2.38. The Labute approximate surface area is 121 Å². The van der Waals surface area contributed by atoms with Crippen LogP contribution in [0.2, 0.25) is 0 Å². The fourth-order valence-corrected chi connectivity index (χ4v) is 2.62. The molecule has 3 atom stereocenters. The van der Waals surface area contributed by atoms with Gasteiger partial charge in [0, 0.05) is 18.0 Å². The average molecular weight is 284 g/mol. The minimum Gasteiger partial charge on any atom is -0.393 e. The predicted molar refractivity (Wildman–Crippen MR) is 78.1 cm³/mol. The Bertz CT molecular complexity index is 361. The first-order valence-electron chi connectivity index (χ1n) is 7.42. The van der Waals surface area contributed by atoms with Gasteiger partial charge in [-0.3, -0.25) is 9.59 Å². The van der Waals surface area contributed by atoms with Crippen LogP contribution in [0, 0.1) is 5.41 Å². The molecule has 0 aromatic rings. The van der Waals surface area contributed by atoms with Crippen molar-refractivity contribution in [2.75, 3.05) is 6.54 Å². The summed E-state index contributed by atoms with van der Waals surface area (Å²) < 4.78 is 0. The van der Waals surface area contributed by atoms with E-state index in [2.05, 4.69) is 5.32 Å². The first-order valence-corrected chi connectivity index (χ1v) is 7.42. The molecule has 2 N–H and O–H groups in total. The van der Waals surface area contributed by atoms with Gasteiger partial charge in [0.15, 0.2) is 0 Å². The Morgan fingerprint density at radius 1 is 1.35 bits per heavy atom. The first-order chi connectivity index (χ1) is 9.12. The lowest BCUT2D eigenvalue weighted by Gasteiger charge is -2.31. The maximum atomic E-state index is 12.4. The largest absolute Gasteiger partial charge is 0.393 e. The molecule has 0 bridgehead atoms. The van der Waals surface area contributed by atoms with E-state index in [0.29, 0.717) is 13.0 Å². The second kappa shape index (κ2) is 6.57. The van der Waals surface area contributed by atoms with Crippen molar-refractivity contribution in [1.82, 2.24) is 10.2 Å². The Hall–Kier alpha value is -1.10. The van der Waals surface area contributed by atoms with Gasteiger partial charge in [0.1, 0.15) is 6.04 Å². The smallest absolute Gasteiger partial charge is 0.243 e. The molecule has 1 heterocycles. The van der Waals surface area contributed by atoms with Crippen molar-refractivity contribution < 1.29 is 14.7 Å². The highest BCUT2D eigenvalue weighted by molar-refractivity contribution is 5.90. The fourth-order valence-electron chi connectivity index (χ4n) is 2.62. The Morgan fingerprint density at radius 2 is 1.95 bits per heavy atom. The van der Waals surface area contributed by atoms with Crippen molar-refractivity contribution in [3.63, 3.8) is 0 Å². The fraction of sp³-hybridized carbons (Fsp3) is 0.867. The molecule has 0 spiro atoms. The van der Waals surface area contributed by atoms with Crippen LogP contribution >= 0.6 is 0 Å². The van der Waals surface area contributed by atoms with E-state index in [1.54, 1.807) is 11.8 Å². The topological polar surface area (TPSA) is 69.6 Å². The van der Waals surface area contributed by atoms with Crippen molar-refractivity contribution in [2.45, 2.75) is 72.1 Å². The van der Waals surface area contributed by atoms with Gasteiger partial charge in [0.05, 0.1) is 6.10 Å². The number of nitrogens with one attached hydrogen (secondary N) is 1. The molecule has 1 aliphatic heterocycles. The van der Waals surface area contributed by atoms with Crippen LogP contribution in [0.5, 0.6) is 0 Å².